The number of halogens is 1. The van der Waals surface area contributed by atoms with Gasteiger partial charge in [-0.3, -0.25) is 4.90 Å². The summed E-state index contributed by atoms with van der Waals surface area (Å²) in [5.74, 6) is 0. The van der Waals surface area contributed by atoms with Gasteiger partial charge in [0.15, 0.2) is 0 Å². The third kappa shape index (κ3) is 5.97. The average Bonchev–Trinajstić information content (AvgIpc) is 2.60. The van der Waals surface area contributed by atoms with Gasteiger partial charge < -0.3 is 0 Å². The lowest BCUT2D eigenvalue weighted by Gasteiger charge is -2.23. The minimum absolute atomic E-state index is 0.487. The van der Waals surface area contributed by atoms with Crippen molar-refractivity contribution in [3.63, 3.8) is 0 Å². The van der Waals surface area contributed by atoms with E-state index >= 15 is 0 Å². The van der Waals surface area contributed by atoms with Crippen molar-refractivity contribution in [1.29, 1.82) is 0 Å². The van der Waals surface area contributed by atoms with Gasteiger partial charge in [-0.25, -0.2) is 4.39 Å². The van der Waals surface area contributed by atoms with Crippen LogP contribution in [0, 0.1) is 0 Å². The Kier molecular flexibility index (Phi) is 7.72. The van der Waals surface area contributed by atoms with Crippen LogP contribution < -0.4 is 0 Å². The molecule has 0 N–H and O–H groups in total. The first-order valence-corrected chi connectivity index (χ1v) is 8.38. The molecular formula is C15H31FNP. The maximum absolute atomic E-state index is 14.1. The molecule has 1 fully saturated rings. The molecule has 0 spiro atoms. The molecule has 108 valence electrons. The van der Waals surface area contributed by atoms with Crippen molar-refractivity contribution in [3.05, 3.63) is 0 Å². The highest BCUT2D eigenvalue weighted by Crippen LogP contribution is 2.38. The molecule has 3 atom stereocenters. The lowest BCUT2D eigenvalue weighted by molar-refractivity contribution is 0.221. The van der Waals surface area contributed by atoms with Gasteiger partial charge in [-0.05, 0) is 19.4 Å². The summed E-state index contributed by atoms with van der Waals surface area (Å²) < 4.78 is 14.1. The smallest absolute Gasteiger partial charge is 0.137 e. The summed E-state index contributed by atoms with van der Waals surface area (Å²) in [6.07, 6.45) is 10.8. The number of hydrogen-bond donors (Lipinski definition) is 0. The Labute approximate surface area is 115 Å². The molecule has 0 bridgehead atoms. The molecule has 1 nitrogen and oxygen atoms in total. The molecule has 0 amide bonds. The molecule has 1 rings (SSSR count). The summed E-state index contributed by atoms with van der Waals surface area (Å²) in [7, 11) is 2.43. The normalized spacial score (nSPS) is 29.0. The number of alkyl halides is 1. The molecule has 0 aromatic carbocycles. The molecule has 3 heteroatoms. The van der Waals surface area contributed by atoms with Crippen LogP contribution in [0.2, 0.25) is 0 Å². The standard InChI is InChI=1S/C15H31FNP/c1-3-5-7-9-11-17-13-15(16,18)12-14(17)10-8-6-4-2/h14H,3-13,18H2,1-2H3. The van der Waals surface area contributed by atoms with Crippen LogP contribution in [0.3, 0.4) is 0 Å². The predicted molar refractivity (Wildman–Crippen MR) is 81.8 cm³/mol. The Balaban J connectivity index is 2.31. The van der Waals surface area contributed by atoms with Crippen LogP contribution in [0.1, 0.15) is 71.6 Å². The van der Waals surface area contributed by atoms with Crippen molar-refractivity contribution in [1.82, 2.24) is 4.90 Å². The third-order valence-electron chi connectivity index (χ3n) is 4.00. The first-order chi connectivity index (χ1) is 8.59. The van der Waals surface area contributed by atoms with Gasteiger partial charge in [-0.15, -0.1) is 0 Å². The van der Waals surface area contributed by atoms with Gasteiger partial charge in [-0.1, -0.05) is 61.6 Å². The van der Waals surface area contributed by atoms with Crippen LogP contribution in [0.15, 0.2) is 0 Å². The highest BCUT2D eigenvalue weighted by Gasteiger charge is 2.40. The van der Waals surface area contributed by atoms with E-state index in [-0.39, 0.29) is 0 Å². The molecule has 0 aromatic rings. The Morgan fingerprint density at radius 2 is 1.78 bits per heavy atom. The van der Waals surface area contributed by atoms with E-state index in [1.165, 1.54) is 51.4 Å². The lowest BCUT2D eigenvalue weighted by atomic mass is 10.1. The zero-order chi connectivity index (χ0) is 13.4. The second-order valence-corrected chi connectivity index (χ2v) is 6.95. The zero-order valence-corrected chi connectivity index (χ0v) is 13.4. The summed E-state index contributed by atoms with van der Waals surface area (Å²) in [6.45, 7) is 6.18. The van der Waals surface area contributed by atoms with E-state index < -0.39 is 5.41 Å². The molecule has 0 aromatic heterocycles. The molecule has 0 radical (unpaired) electrons. The molecule has 18 heavy (non-hydrogen) atoms. The van der Waals surface area contributed by atoms with Crippen molar-refractivity contribution >= 4 is 9.24 Å². The van der Waals surface area contributed by atoms with Crippen LogP contribution in [0.25, 0.3) is 0 Å². The van der Waals surface area contributed by atoms with Crippen LogP contribution in [0.4, 0.5) is 4.39 Å². The second-order valence-electron chi connectivity index (χ2n) is 5.92. The summed E-state index contributed by atoms with van der Waals surface area (Å²) in [5.41, 5.74) is 0. The van der Waals surface area contributed by atoms with Gasteiger partial charge >= 0.3 is 0 Å². The van der Waals surface area contributed by atoms with Gasteiger partial charge in [0.1, 0.15) is 5.41 Å². The van der Waals surface area contributed by atoms with Crippen molar-refractivity contribution in [2.75, 3.05) is 13.1 Å². The number of rotatable bonds is 9. The molecule has 1 saturated heterocycles. The van der Waals surface area contributed by atoms with Gasteiger partial charge in [-0.2, -0.15) is 0 Å². The maximum atomic E-state index is 14.1. The van der Waals surface area contributed by atoms with Gasteiger partial charge in [0.05, 0.1) is 0 Å². The van der Waals surface area contributed by atoms with E-state index in [0.717, 1.165) is 13.0 Å². The summed E-state index contributed by atoms with van der Waals surface area (Å²) in [6, 6.07) is 0.487. The first-order valence-electron chi connectivity index (χ1n) is 7.81. The largest absolute Gasteiger partial charge is 0.297 e. The topological polar surface area (TPSA) is 3.24 Å². The van der Waals surface area contributed by atoms with Gasteiger partial charge in [0.2, 0.25) is 0 Å². The van der Waals surface area contributed by atoms with Gasteiger partial charge in [0.25, 0.3) is 0 Å². The summed E-state index contributed by atoms with van der Waals surface area (Å²) in [5, 5.41) is -1.03. The monoisotopic (exact) mass is 275 g/mol. The van der Waals surface area contributed by atoms with Crippen LogP contribution in [0.5, 0.6) is 0 Å². The second kappa shape index (κ2) is 8.48. The SMILES string of the molecule is CCCCCCN1CC(F)(P)CC1CCCCC. The minimum atomic E-state index is -1.03. The van der Waals surface area contributed by atoms with Crippen LogP contribution >= 0.6 is 9.24 Å². The fourth-order valence-electron chi connectivity index (χ4n) is 2.97. The van der Waals surface area contributed by atoms with Crippen LogP contribution in [-0.2, 0) is 0 Å². The van der Waals surface area contributed by atoms with E-state index in [9.17, 15) is 4.39 Å². The Bertz CT molecular complexity index is 221. The fraction of sp³-hybridized carbons (Fsp3) is 1.00. The quantitative estimate of drug-likeness (QED) is 0.433. The first kappa shape index (κ1) is 16.4. The minimum Gasteiger partial charge on any atom is -0.297 e. The Morgan fingerprint density at radius 1 is 1.11 bits per heavy atom. The molecule has 0 aliphatic carbocycles. The third-order valence-corrected chi connectivity index (χ3v) is 4.42. The summed E-state index contributed by atoms with van der Waals surface area (Å²) in [4.78, 5) is 2.40. The Hall–Kier alpha value is 0.320. The van der Waals surface area contributed by atoms with E-state index in [1.807, 2.05) is 0 Å². The maximum Gasteiger partial charge on any atom is 0.137 e. The number of hydrogen-bond acceptors (Lipinski definition) is 1. The average molecular weight is 275 g/mol. The van der Waals surface area contributed by atoms with E-state index in [4.69, 9.17) is 0 Å². The molecule has 1 aliphatic heterocycles. The van der Waals surface area contributed by atoms with Crippen molar-refractivity contribution in [2.24, 2.45) is 0 Å². The number of nitrogens with zero attached hydrogens (tertiary/aromatic N) is 1. The van der Waals surface area contributed by atoms with Crippen molar-refractivity contribution < 1.29 is 4.39 Å². The van der Waals surface area contributed by atoms with Crippen molar-refractivity contribution in [3.8, 4) is 0 Å². The molecule has 3 unspecified atom stereocenters. The number of likely N-dealkylation sites (tertiary alicyclic amines) is 1. The highest BCUT2D eigenvalue weighted by atomic mass is 31.0. The summed E-state index contributed by atoms with van der Waals surface area (Å²) >= 11 is 0. The van der Waals surface area contributed by atoms with Gasteiger partial charge in [0, 0.05) is 19.0 Å². The zero-order valence-electron chi connectivity index (χ0n) is 12.3. The molecule has 0 saturated carbocycles. The van der Waals surface area contributed by atoms with E-state index in [2.05, 4.69) is 28.0 Å². The fourth-order valence-corrected chi connectivity index (χ4v) is 3.48. The molecule has 1 aliphatic rings. The van der Waals surface area contributed by atoms with E-state index in [1.54, 1.807) is 0 Å². The lowest BCUT2D eigenvalue weighted by Crippen LogP contribution is -2.31. The number of unbranched alkanes of at least 4 members (excludes halogenated alkanes) is 5. The van der Waals surface area contributed by atoms with Crippen LogP contribution in [-0.4, -0.2) is 29.4 Å². The highest BCUT2D eigenvalue weighted by molar-refractivity contribution is 7.18. The molecular weight excluding hydrogens is 244 g/mol. The Morgan fingerprint density at radius 3 is 2.44 bits per heavy atom. The molecule has 1 heterocycles. The van der Waals surface area contributed by atoms with E-state index in [0.29, 0.717) is 12.6 Å². The van der Waals surface area contributed by atoms with Crippen molar-refractivity contribution in [2.45, 2.75) is 83.1 Å². The predicted octanol–water partition coefficient (Wildman–Crippen LogP) is 4.76.